The average Bonchev–Trinajstić information content (AvgIpc) is 3.55. The number of amides is 1. The van der Waals surface area contributed by atoms with Crippen molar-refractivity contribution in [2.24, 2.45) is 4.99 Å². The molecule has 1 fully saturated rings. The number of rotatable bonds is 9. The maximum absolute atomic E-state index is 13.8. The summed E-state index contributed by atoms with van der Waals surface area (Å²) < 4.78 is 8.10. The maximum Gasteiger partial charge on any atom is 0.269 e. The summed E-state index contributed by atoms with van der Waals surface area (Å²) in [6.45, 7) is 2.96. The number of nitro benzene ring substituents is 1. The number of benzene rings is 4. The van der Waals surface area contributed by atoms with Crippen LogP contribution < -0.4 is 4.74 Å². The molecule has 0 radical (unpaired) electrons. The molecule has 4 aromatic carbocycles. The third-order valence-corrected chi connectivity index (χ3v) is 9.85. The number of hydrogen-bond donors (Lipinski definition) is 1. The summed E-state index contributed by atoms with van der Waals surface area (Å²) in [6.07, 6.45) is 4.50. The molecule has 5 aromatic rings. The minimum absolute atomic E-state index is 0.0126. The molecular weight excluding hydrogens is 814 g/mol. The third-order valence-electron chi connectivity index (χ3n) is 7.24. The first kappa shape index (κ1) is 31.3. The molecule has 0 saturated carbocycles. The quantitative estimate of drug-likeness (QED) is 0.0692. The van der Waals surface area contributed by atoms with Gasteiger partial charge in [0.1, 0.15) is 12.4 Å². The van der Waals surface area contributed by atoms with Crippen LogP contribution in [0.15, 0.2) is 101 Å². The van der Waals surface area contributed by atoms with Crippen LogP contribution in [0, 0.1) is 24.2 Å². The van der Waals surface area contributed by atoms with Gasteiger partial charge in [0, 0.05) is 35.8 Å². The van der Waals surface area contributed by atoms with E-state index in [1.54, 1.807) is 17.0 Å². The molecule has 0 atom stereocenters. The van der Waals surface area contributed by atoms with Gasteiger partial charge >= 0.3 is 0 Å². The molecule has 1 aromatic heterocycles. The molecule has 8 nitrogen and oxygen atoms in total. The fourth-order valence-corrected chi connectivity index (χ4v) is 8.18. The predicted molar refractivity (Wildman–Crippen MR) is 197 cm³/mol. The molecular formula is C34H26I2N4O4S. The van der Waals surface area contributed by atoms with E-state index in [2.05, 4.69) is 81.4 Å². The number of fused-ring (bicyclic) bond motifs is 1. The number of para-hydroxylation sites is 1. The Hall–Kier alpha value is -3.69. The van der Waals surface area contributed by atoms with E-state index in [9.17, 15) is 14.9 Å². The van der Waals surface area contributed by atoms with Crippen molar-refractivity contribution in [2.45, 2.75) is 20.0 Å². The first-order valence-electron chi connectivity index (χ1n) is 14.0. The van der Waals surface area contributed by atoms with Crippen molar-refractivity contribution < 1.29 is 14.5 Å². The molecule has 2 heterocycles. The van der Waals surface area contributed by atoms with Gasteiger partial charge in [0.25, 0.3) is 11.6 Å². The Morgan fingerprint density at radius 3 is 2.51 bits per heavy atom. The second-order valence-corrected chi connectivity index (χ2v) is 13.8. The highest BCUT2D eigenvalue weighted by molar-refractivity contribution is 14.1. The van der Waals surface area contributed by atoms with E-state index in [0.717, 1.165) is 40.5 Å². The predicted octanol–water partition coefficient (Wildman–Crippen LogP) is 9.02. The van der Waals surface area contributed by atoms with E-state index >= 15 is 0 Å². The Labute approximate surface area is 291 Å². The third kappa shape index (κ3) is 7.25. The molecule has 0 spiro atoms. The highest BCUT2D eigenvalue weighted by Crippen LogP contribution is 2.37. The number of H-pyrrole nitrogens is 1. The highest BCUT2D eigenvalue weighted by Gasteiger charge is 2.33. The van der Waals surface area contributed by atoms with Crippen molar-refractivity contribution in [3.05, 3.63) is 136 Å². The van der Waals surface area contributed by atoms with Gasteiger partial charge in [-0.3, -0.25) is 19.8 Å². The van der Waals surface area contributed by atoms with Gasteiger partial charge in [0.15, 0.2) is 5.17 Å². The van der Waals surface area contributed by atoms with Crippen LogP contribution in [0.25, 0.3) is 17.0 Å². The van der Waals surface area contributed by atoms with Crippen LogP contribution in [0.1, 0.15) is 22.3 Å². The summed E-state index contributed by atoms with van der Waals surface area (Å²) >= 11 is 5.85. The van der Waals surface area contributed by atoms with Crippen molar-refractivity contribution in [2.75, 3.05) is 6.54 Å². The van der Waals surface area contributed by atoms with E-state index in [1.165, 1.54) is 29.5 Å². The standard InChI is InChI=1S/C34H26I2N4O4S/c1-21-5-4-6-22(15-21)20-44-32-28(35)16-23(17-29(32)36)18-31-33(41)39(14-13-24-19-37-30-8-3-2-7-27(24)30)34(45-31)38-25-9-11-26(12-10-25)40(42)43/h2-12,15-19,37H,13-14,20H2,1H3/b31-18-,38-34?. The minimum Gasteiger partial charge on any atom is -0.487 e. The van der Waals surface area contributed by atoms with E-state index in [4.69, 9.17) is 9.73 Å². The number of thioether (sulfide) groups is 1. The average molecular weight is 840 g/mol. The number of hydrogen-bond acceptors (Lipinski definition) is 6. The summed E-state index contributed by atoms with van der Waals surface area (Å²) in [6, 6.07) is 26.4. The highest BCUT2D eigenvalue weighted by atomic mass is 127. The molecule has 1 N–H and O–H groups in total. The van der Waals surface area contributed by atoms with Gasteiger partial charge in [-0.15, -0.1) is 0 Å². The van der Waals surface area contributed by atoms with Crippen LogP contribution in [-0.2, 0) is 17.8 Å². The minimum atomic E-state index is -0.444. The summed E-state index contributed by atoms with van der Waals surface area (Å²) in [4.78, 5) is 34.8. The number of amidine groups is 1. The smallest absolute Gasteiger partial charge is 0.269 e. The lowest BCUT2D eigenvalue weighted by Crippen LogP contribution is -2.31. The number of nitrogens with zero attached hydrogens (tertiary/aromatic N) is 3. The fraction of sp³-hybridized carbons (Fsp3) is 0.118. The van der Waals surface area contributed by atoms with E-state index < -0.39 is 4.92 Å². The Morgan fingerprint density at radius 1 is 1.02 bits per heavy atom. The van der Waals surface area contributed by atoms with Gasteiger partial charge in [-0.05, 0) is 123 Å². The van der Waals surface area contributed by atoms with E-state index in [1.807, 2.05) is 48.7 Å². The van der Waals surface area contributed by atoms with Gasteiger partial charge in [-0.2, -0.15) is 0 Å². The molecule has 11 heteroatoms. The number of aromatic amines is 1. The Balaban J connectivity index is 1.27. The van der Waals surface area contributed by atoms with Gasteiger partial charge < -0.3 is 9.72 Å². The van der Waals surface area contributed by atoms with Crippen LogP contribution in [0.4, 0.5) is 11.4 Å². The lowest BCUT2D eigenvalue weighted by atomic mass is 10.1. The van der Waals surface area contributed by atoms with Crippen molar-refractivity contribution in [3.8, 4) is 5.75 Å². The molecule has 226 valence electrons. The molecule has 1 amide bonds. The second kappa shape index (κ2) is 13.7. The van der Waals surface area contributed by atoms with Gasteiger partial charge in [0.05, 0.1) is 22.7 Å². The molecule has 0 unspecified atom stereocenters. The van der Waals surface area contributed by atoms with Gasteiger partial charge in [-0.25, -0.2) is 4.99 Å². The van der Waals surface area contributed by atoms with E-state index in [-0.39, 0.29) is 11.6 Å². The van der Waals surface area contributed by atoms with Crippen molar-refractivity contribution in [1.82, 2.24) is 9.88 Å². The van der Waals surface area contributed by atoms with Gasteiger partial charge in [0.2, 0.25) is 0 Å². The van der Waals surface area contributed by atoms with Crippen LogP contribution >= 0.6 is 56.9 Å². The van der Waals surface area contributed by atoms with E-state index in [0.29, 0.717) is 35.3 Å². The normalized spacial score (nSPS) is 15.0. The summed E-state index contributed by atoms with van der Waals surface area (Å²) in [7, 11) is 0. The molecule has 0 bridgehead atoms. The van der Waals surface area contributed by atoms with Crippen LogP contribution in [0.2, 0.25) is 0 Å². The van der Waals surface area contributed by atoms with Crippen LogP contribution in [0.3, 0.4) is 0 Å². The topological polar surface area (TPSA) is 101 Å². The lowest BCUT2D eigenvalue weighted by Gasteiger charge is -2.15. The number of carbonyl (C=O) groups is 1. The Morgan fingerprint density at radius 2 is 1.78 bits per heavy atom. The number of carbonyl (C=O) groups excluding carboxylic acids is 1. The lowest BCUT2D eigenvalue weighted by molar-refractivity contribution is -0.384. The monoisotopic (exact) mass is 840 g/mol. The zero-order valence-corrected chi connectivity index (χ0v) is 29.1. The maximum atomic E-state index is 13.8. The summed E-state index contributed by atoms with van der Waals surface area (Å²) in [5, 5.41) is 12.8. The zero-order chi connectivity index (χ0) is 31.5. The number of ether oxygens (including phenoxy) is 1. The summed E-state index contributed by atoms with van der Waals surface area (Å²) in [5.74, 6) is 0.677. The van der Waals surface area contributed by atoms with Crippen molar-refractivity contribution in [1.29, 1.82) is 0 Å². The second-order valence-electron chi connectivity index (χ2n) is 10.4. The molecule has 1 aliphatic heterocycles. The number of aryl methyl sites for hydroxylation is 1. The molecule has 0 aliphatic carbocycles. The number of nitro groups is 1. The molecule has 45 heavy (non-hydrogen) atoms. The first-order chi connectivity index (χ1) is 21.7. The number of halogens is 2. The molecule has 1 aliphatic rings. The van der Waals surface area contributed by atoms with Gasteiger partial charge in [-0.1, -0.05) is 48.0 Å². The van der Waals surface area contributed by atoms with Crippen molar-refractivity contribution in [3.63, 3.8) is 0 Å². The number of aromatic nitrogens is 1. The number of non-ortho nitro benzene ring substituents is 1. The first-order valence-corrected chi connectivity index (χ1v) is 17.0. The Kier molecular flexibility index (Phi) is 9.56. The summed E-state index contributed by atoms with van der Waals surface area (Å²) in [5.41, 5.74) is 5.86. The number of nitrogens with one attached hydrogen (secondary N) is 1. The molecule has 6 rings (SSSR count). The zero-order valence-electron chi connectivity index (χ0n) is 24.0. The molecule has 1 saturated heterocycles. The van der Waals surface area contributed by atoms with Crippen LogP contribution in [0.5, 0.6) is 5.75 Å². The fourth-order valence-electron chi connectivity index (χ4n) is 5.03. The largest absolute Gasteiger partial charge is 0.487 e. The number of aliphatic imine (C=N–C) groups is 1. The van der Waals surface area contributed by atoms with Crippen molar-refractivity contribution >= 4 is 96.4 Å². The SMILES string of the molecule is Cc1cccc(COc2c(I)cc(/C=C3\SC(=Nc4ccc([N+](=O)[O-])cc4)N(CCc4c[nH]c5ccccc45)C3=O)cc2I)c1. The van der Waals surface area contributed by atoms with Crippen LogP contribution in [-0.4, -0.2) is 32.4 Å². The Bertz CT molecular complexity index is 1970.